The summed E-state index contributed by atoms with van der Waals surface area (Å²) < 4.78 is 13.2. The molecule has 0 heterocycles. The number of urea groups is 1. The number of fused-ring (bicyclic) bond motifs is 1. The third-order valence-electron chi connectivity index (χ3n) is 4.25. The van der Waals surface area contributed by atoms with Gasteiger partial charge in [0.15, 0.2) is 0 Å². The number of hydrogen-bond donors (Lipinski definition) is 3. The Hall–Kier alpha value is -2.11. The molecule has 0 radical (unpaired) electrons. The van der Waals surface area contributed by atoms with Crippen LogP contribution in [0.2, 0.25) is 5.02 Å². The fraction of sp³-hybridized carbons (Fsp3) is 0.278. The van der Waals surface area contributed by atoms with Crippen molar-refractivity contribution in [3.63, 3.8) is 0 Å². The molecule has 6 heteroatoms. The second-order valence-corrected chi connectivity index (χ2v) is 6.28. The molecule has 2 aromatic rings. The number of carbonyl (C=O) groups is 1. The monoisotopic (exact) mass is 348 g/mol. The average molecular weight is 349 g/mol. The Kier molecular flexibility index (Phi) is 5.02. The number of aliphatic hydroxyl groups is 1. The van der Waals surface area contributed by atoms with Crippen molar-refractivity contribution in [2.75, 3.05) is 6.61 Å². The summed E-state index contributed by atoms with van der Waals surface area (Å²) in [6.07, 6.45) is 1.47. The Morgan fingerprint density at radius 3 is 2.75 bits per heavy atom. The van der Waals surface area contributed by atoms with Crippen LogP contribution in [-0.2, 0) is 6.42 Å². The lowest BCUT2D eigenvalue weighted by molar-refractivity contribution is 0.214. The first-order valence-electron chi connectivity index (χ1n) is 7.78. The van der Waals surface area contributed by atoms with Crippen LogP contribution in [0.15, 0.2) is 42.5 Å². The van der Waals surface area contributed by atoms with Gasteiger partial charge in [-0.3, -0.25) is 0 Å². The molecule has 0 spiro atoms. The van der Waals surface area contributed by atoms with E-state index < -0.39 is 6.04 Å². The topological polar surface area (TPSA) is 61.4 Å². The molecule has 0 fully saturated rings. The van der Waals surface area contributed by atoms with Gasteiger partial charge < -0.3 is 15.7 Å². The highest BCUT2D eigenvalue weighted by Gasteiger charge is 2.25. The van der Waals surface area contributed by atoms with Crippen molar-refractivity contribution in [2.24, 2.45) is 0 Å². The SMILES string of the molecule is O=C(NC(CO)c1ccc(Cl)cc1)NC1CCc2cc(F)ccc21. The van der Waals surface area contributed by atoms with E-state index >= 15 is 0 Å². The minimum Gasteiger partial charge on any atom is -0.394 e. The van der Waals surface area contributed by atoms with Crippen molar-refractivity contribution in [1.29, 1.82) is 0 Å². The molecule has 0 saturated carbocycles. The average Bonchev–Trinajstić information content (AvgIpc) is 2.95. The molecule has 1 aliphatic carbocycles. The van der Waals surface area contributed by atoms with Crippen molar-refractivity contribution in [2.45, 2.75) is 24.9 Å². The van der Waals surface area contributed by atoms with Gasteiger partial charge in [0.25, 0.3) is 0 Å². The molecule has 2 atom stereocenters. The first kappa shape index (κ1) is 16.7. The number of amides is 2. The standard InChI is InChI=1S/C18H18ClFN2O2/c19-13-4-1-11(2-5-13)17(10-23)22-18(24)21-16-8-3-12-9-14(20)6-7-15(12)16/h1-2,4-7,9,16-17,23H,3,8,10H2,(H2,21,22,24). The zero-order valence-electron chi connectivity index (χ0n) is 12.9. The molecule has 4 nitrogen and oxygen atoms in total. The van der Waals surface area contributed by atoms with E-state index in [1.54, 1.807) is 30.3 Å². The molecule has 1 aliphatic rings. The molecular weight excluding hydrogens is 331 g/mol. The number of carbonyl (C=O) groups excluding carboxylic acids is 1. The Bertz CT molecular complexity index is 730. The fourth-order valence-electron chi connectivity index (χ4n) is 3.02. The maximum absolute atomic E-state index is 13.2. The van der Waals surface area contributed by atoms with E-state index in [0.29, 0.717) is 5.02 Å². The Labute approximate surface area is 144 Å². The molecular formula is C18H18ClFN2O2. The zero-order valence-corrected chi connectivity index (χ0v) is 13.7. The lowest BCUT2D eigenvalue weighted by atomic mass is 10.1. The minimum atomic E-state index is -0.517. The summed E-state index contributed by atoms with van der Waals surface area (Å²) in [7, 11) is 0. The van der Waals surface area contributed by atoms with E-state index in [4.69, 9.17) is 11.6 Å². The van der Waals surface area contributed by atoms with E-state index in [9.17, 15) is 14.3 Å². The van der Waals surface area contributed by atoms with Gasteiger partial charge in [0, 0.05) is 5.02 Å². The second kappa shape index (κ2) is 7.20. The first-order valence-corrected chi connectivity index (χ1v) is 8.16. The van der Waals surface area contributed by atoms with E-state index in [0.717, 1.165) is 29.5 Å². The van der Waals surface area contributed by atoms with Gasteiger partial charge in [-0.1, -0.05) is 29.8 Å². The minimum absolute atomic E-state index is 0.148. The number of aliphatic hydroxyl groups excluding tert-OH is 1. The molecule has 0 bridgehead atoms. The highest BCUT2D eigenvalue weighted by atomic mass is 35.5. The van der Waals surface area contributed by atoms with Crippen LogP contribution in [-0.4, -0.2) is 17.7 Å². The Morgan fingerprint density at radius 2 is 2.04 bits per heavy atom. The van der Waals surface area contributed by atoms with Crippen LogP contribution in [0.5, 0.6) is 0 Å². The Balaban J connectivity index is 1.64. The number of halogens is 2. The summed E-state index contributed by atoms with van der Waals surface area (Å²) in [5.74, 6) is -0.262. The number of rotatable bonds is 4. The predicted molar refractivity (Wildman–Crippen MR) is 90.4 cm³/mol. The Morgan fingerprint density at radius 1 is 1.29 bits per heavy atom. The lowest BCUT2D eigenvalue weighted by Gasteiger charge is -2.20. The van der Waals surface area contributed by atoms with E-state index in [2.05, 4.69) is 10.6 Å². The lowest BCUT2D eigenvalue weighted by Crippen LogP contribution is -2.40. The number of aryl methyl sites for hydroxylation is 1. The van der Waals surface area contributed by atoms with Gasteiger partial charge in [0.1, 0.15) is 5.82 Å². The van der Waals surface area contributed by atoms with E-state index in [1.807, 2.05) is 0 Å². The molecule has 0 aromatic heterocycles. The van der Waals surface area contributed by atoms with Crippen molar-refractivity contribution >= 4 is 17.6 Å². The molecule has 2 aromatic carbocycles. The van der Waals surface area contributed by atoms with Gasteiger partial charge in [-0.2, -0.15) is 0 Å². The van der Waals surface area contributed by atoms with Crippen LogP contribution in [0.1, 0.15) is 35.2 Å². The van der Waals surface area contributed by atoms with Gasteiger partial charge in [-0.25, -0.2) is 9.18 Å². The molecule has 0 aliphatic heterocycles. The van der Waals surface area contributed by atoms with Crippen LogP contribution in [0, 0.1) is 5.82 Å². The van der Waals surface area contributed by atoms with Crippen molar-refractivity contribution in [1.82, 2.24) is 10.6 Å². The molecule has 0 saturated heterocycles. The van der Waals surface area contributed by atoms with Gasteiger partial charge in [-0.05, 0) is 53.8 Å². The molecule has 2 amide bonds. The number of hydrogen-bond acceptors (Lipinski definition) is 2. The van der Waals surface area contributed by atoms with Crippen LogP contribution in [0.25, 0.3) is 0 Å². The fourth-order valence-corrected chi connectivity index (χ4v) is 3.15. The highest BCUT2D eigenvalue weighted by Crippen LogP contribution is 2.31. The summed E-state index contributed by atoms with van der Waals surface area (Å²) in [4.78, 5) is 12.3. The zero-order chi connectivity index (χ0) is 17.1. The molecule has 2 unspecified atom stereocenters. The van der Waals surface area contributed by atoms with Crippen LogP contribution < -0.4 is 10.6 Å². The highest BCUT2D eigenvalue weighted by molar-refractivity contribution is 6.30. The molecule has 24 heavy (non-hydrogen) atoms. The van der Waals surface area contributed by atoms with Crippen LogP contribution in [0.3, 0.4) is 0 Å². The summed E-state index contributed by atoms with van der Waals surface area (Å²) in [5, 5.41) is 15.8. The quantitative estimate of drug-likeness (QED) is 0.792. The summed E-state index contributed by atoms with van der Waals surface area (Å²) in [5.41, 5.74) is 2.64. The molecule has 3 rings (SSSR count). The van der Waals surface area contributed by atoms with Crippen LogP contribution >= 0.6 is 11.6 Å². The van der Waals surface area contributed by atoms with Crippen molar-refractivity contribution in [3.05, 3.63) is 70.0 Å². The van der Waals surface area contributed by atoms with E-state index in [-0.39, 0.29) is 24.5 Å². The third kappa shape index (κ3) is 3.68. The van der Waals surface area contributed by atoms with Gasteiger partial charge in [0.05, 0.1) is 18.7 Å². The maximum atomic E-state index is 13.2. The second-order valence-electron chi connectivity index (χ2n) is 5.84. The van der Waals surface area contributed by atoms with Gasteiger partial charge in [-0.15, -0.1) is 0 Å². The van der Waals surface area contributed by atoms with Crippen LogP contribution in [0.4, 0.5) is 9.18 Å². The van der Waals surface area contributed by atoms with E-state index in [1.165, 1.54) is 12.1 Å². The maximum Gasteiger partial charge on any atom is 0.315 e. The summed E-state index contributed by atoms with van der Waals surface area (Å²) >= 11 is 5.85. The summed E-state index contributed by atoms with van der Waals surface area (Å²) in [6, 6.07) is 10.5. The largest absolute Gasteiger partial charge is 0.394 e. The first-order chi connectivity index (χ1) is 11.6. The van der Waals surface area contributed by atoms with Gasteiger partial charge >= 0.3 is 6.03 Å². The smallest absolute Gasteiger partial charge is 0.315 e. The molecule has 126 valence electrons. The van der Waals surface area contributed by atoms with Crippen molar-refractivity contribution in [3.8, 4) is 0 Å². The molecule has 3 N–H and O–H groups in total. The van der Waals surface area contributed by atoms with Crippen molar-refractivity contribution < 1.29 is 14.3 Å². The third-order valence-corrected chi connectivity index (χ3v) is 4.50. The predicted octanol–water partition coefficient (Wildman–Crippen LogP) is 3.50. The number of benzene rings is 2. The van der Waals surface area contributed by atoms with Gasteiger partial charge in [0.2, 0.25) is 0 Å². The number of nitrogens with one attached hydrogen (secondary N) is 2. The summed E-state index contributed by atoms with van der Waals surface area (Å²) in [6.45, 7) is -0.221. The normalized spacial score (nSPS) is 17.2.